The molecule has 0 aromatic rings. The Hall–Kier alpha value is -1.06. The molecule has 0 bridgehead atoms. The monoisotopic (exact) mass is 200 g/mol. The summed E-state index contributed by atoms with van der Waals surface area (Å²) in [5.74, 6) is -0.399. The van der Waals surface area contributed by atoms with E-state index in [1.165, 1.54) is 14.0 Å². The zero-order valence-corrected chi connectivity index (χ0v) is 8.62. The molecule has 1 aliphatic carbocycles. The predicted octanol–water partition coefficient (Wildman–Crippen LogP) is 1.28. The normalized spacial score (nSPS) is 26.7. The second kappa shape index (κ2) is 4.98. The molecule has 1 rings (SSSR count). The van der Waals surface area contributed by atoms with E-state index in [4.69, 9.17) is 4.74 Å². The average molecular weight is 200 g/mol. The van der Waals surface area contributed by atoms with Crippen LogP contribution in [0.4, 0.5) is 0 Å². The summed E-state index contributed by atoms with van der Waals surface area (Å²) < 4.78 is 9.72. The minimum absolute atomic E-state index is 0.00611. The maximum Gasteiger partial charge on any atom is 0.308 e. The van der Waals surface area contributed by atoms with Crippen LogP contribution in [0.15, 0.2) is 0 Å². The van der Waals surface area contributed by atoms with Crippen LogP contribution in [0.3, 0.4) is 0 Å². The second-order valence-corrected chi connectivity index (χ2v) is 3.61. The summed E-state index contributed by atoms with van der Waals surface area (Å²) >= 11 is 0. The van der Waals surface area contributed by atoms with Crippen LogP contribution in [-0.4, -0.2) is 25.2 Å². The summed E-state index contributed by atoms with van der Waals surface area (Å²) in [4.78, 5) is 21.8. The van der Waals surface area contributed by atoms with Gasteiger partial charge in [-0.25, -0.2) is 0 Å². The molecule has 80 valence electrons. The topological polar surface area (TPSA) is 52.6 Å². The number of esters is 2. The highest BCUT2D eigenvalue weighted by molar-refractivity contribution is 5.72. The Morgan fingerprint density at radius 1 is 1.14 bits per heavy atom. The van der Waals surface area contributed by atoms with Gasteiger partial charge in [-0.1, -0.05) is 0 Å². The number of carbonyl (C=O) groups excluding carboxylic acids is 2. The van der Waals surface area contributed by atoms with E-state index in [9.17, 15) is 9.59 Å². The lowest BCUT2D eigenvalue weighted by molar-refractivity contribution is -0.151. The highest BCUT2D eigenvalue weighted by atomic mass is 16.5. The molecule has 14 heavy (non-hydrogen) atoms. The van der Waals surface area contributed by atoms with Crippen LogP contribution in [0.5, 0.6) is 0 Å². The highest BCUT2D eigenvalue weighted by Gasteiger charge is 2.27. The Morgan fingerprint density at radius 3 is 2.14 bits per heavy atom. The zero-order valence-electron chi connectivity index (χ0n) is 8.62. The molecule has 4 nitrogen and oxygen atoms in total. The lowest BCUT2D eigenvalue weighted by Gasteiger charge is -2.26. The molecule has 1 fully saturated rings. The molecular weight excluding hydrogens is 184 g/mol. The van der Waals surface area contributed by atoms with E-state index >= 15 is 0 Å². The zero-order chi connectivity index (χ0) is 10.6. The molecule has 0 heterocycles. The Balaban J connectivity index is 2.31. The van der Waals surface area contributed by atoms with Gasteiger partial charge in [0.2, 0.25) is 0 Å². The van der Waals surface area contributed by atoms with Crippen molar-refractivity contribution < 1.29 is 19.1 Å². The van der Waals surface area contributed by atoms with Gasteiger partial charge in [-0.3, -0.25) is 9.59 Å². The third-order valence-corrected chi connectivity index (χ3v) is 2.54. The smallest absolute Gasteiger partial charge is 0.308 e. The third kappa shape index (κ3) is 3.01. The molecule has 0 N–H and O–H groups in total. The molecule has 1 saturated carbocycles. The first kappa shape index (κ1) is 11.0. The largest absolute Gasteiger partial charge is 0.469 e. The van der Waals surface area contributed by atoms with Crippen molar-refractivity contribution in [3.63, 3.8) is 0 Å². The molecule has 0 spiro atoms. The van der Waals surface area contributed by atoms with Crippen molar-refractivity contribution >= 4 is 11.9 Å². The highest BCUT2D eigenvalue weighted by Crippen LogP contribution is 2.26. The van der Waals surface area contributed by atoms with E-state index in [-0.39, 0.29) is 24.0 Å². The van der Waals surface area contributed by atoms with Gasteiger partial charge in [-0.15, -0.1) is 0 Å². The van der Waals surface area contributed by atoms with Gasteiger partial charge in [0, 0.05) is 6.92 Å². The lowest BCUT2D eigenvalue weighted by atomic mass is 9.87. The molecule has 0 radical (unpaired) electrons. The van der Waals surface area contributed by atoms with Crippen molar-refractivity contribution in [2.45, 2.75) is 38.7 Å². The standard InChI is InChI=1S/C10H16O4/c1-7(11)14-9-5-3-8(4-6-9)10(12)13-2/h8-9H,3-6H2,1-2H3. The van der Waals surface area contributed by atoms with Crippen molar-refractivity contribution in [2.24, 2.45) is 5.92 Å². The van der Waals surface area contributed by atoms with Crippen LogP contribution in [0.25, 0.3) is 0 Å². The minimum Gasteiger partial charge on any atom is -0.469 e. The minimum atomic E-state index is -0.244. The van der Waals surface area contributed by atoms with Crippen molar-refractivity contribution in [1.82, 2.24) is 0 Å². The first-order chi connectivity index (χ1) is 6.63. The number of methoxy groups -OCH3 is 1. The van der Waals surface area contributed by atoms with Gasteiger partial charge in [0.15, 0.2) is 0 Å². The van der Waals surface area contributed by atoms with E-state index in [0.29, 0.717) is 0 Å². The van der Waals surface area contributed by atoms with Gasteiger partial charge in [0.05, 0.1) is 13.0 Å². The molecule has 4 heteroatoms. The predicted molar refractivity (Wildman–Crippen MR) is 49.5 cm³/mol. The fourth-order valence-electron chi connectivity index (χ4n) is 1.82. The third-order valence-electron chi connectivity index (χ3n) is 2.54. The van der Waals surface area contributed by atoms with E-state index in [2.05, 4.69) is 4.74 Å². The van der Waals surface area contributed by atoms with Gasteiger partial charge in [0.1, 0.15) is 6.10 Å². The number of carbonyl (C=O) groups is 2. The number of hydrogen-bond acceptors (Lipinski definition) is 4. The Kier molecular flexibility index (Phi) is 3.92. The van der Waals surface area contributed by atoms with Crippen molar-refractivity contribution in [3.8, 4) is 0 Å². The summed E-state index contributed by atoms with van der Waals surface area (Å²) in [7, 11) is 1.40. The Bertz CT molecular complexity index is 216. The number of ether oxygens (including phenoxy) is 2. The lowest BCUT2D eigenvalue weighted by Crippen LogP contribution is -2.27. The fourth-order valence-corrected chi connectivity index (χ4v) is 1.82. The molecule has 0 aromatic carbocycles. The fraction of sp³-hybridized carbons (Fsp3) is 0.800. The van der Waals surface area contributed by atoms with E-state index in [1.54, 1.807) is 0 Å². The van der Waals surface area contributed by atoms with Crippen LogP contribution in [0.2, 0.25) is 0 Å². The van der Waals surface area contributed by atoms with Crippen LogP contribution in [0, 0.1) is 5.92 Å². The van der Waals surface area contributed by atoms with Gasteiger partial charge >= 0.3 is 11.9 Å². The van der Waals surface area contributed by atoms with E-state index < -0.39 is 0 Å². The van der Waals surface area contributed by atoms with E-state index in [1.807, 2.05) is 0 Å². The SMILES string of the molecule is COC(=O)C1CCC(OC(C)=O)CC1. The average Bonchev–Trinajstić information content (AvgIpc) is 2.17. The Labute approximate surface area is 83.6 Å². The summed E-state index contributed by atoms with van der Waals surface area (Å²) in [6.07, 6.45) is 3.03. The Morgan fingerprint density at radius 2 is 1.71 bits per heavy atom. The molecule has 0 unspecified atom stereocenters. The molecule has 0 atom stereocenters. The van der Waals surface area contributed by atoms with Gasteiger partial charge in [0.25, 0.3) is 0 Å². The van der Waals surface area contributed by atoms with E-state index in [0.717, 1.165) is 25.7 Å². The van der Waals surface area contributed by atoms with Crippen LogP contribution >= 0.6 is 0 Å². The number of hydrogen-bond donors (Lipinski definition) is 0. The maximum atomic E-state index is 11.2. The van der Waals surface area contributed by atoms with Gasteiger partial charge < -0.3 is 9.47 Å². The van der Waals surface area contributed by atoms with Crippen LogP contribution in [-0.2, 0) is 19.1 Å². The summed E-state index contributed by atoms with van der Waals surface area (Å²) in [5, 5.41) is 0. The quantitative estimate of drug-likeness (QED) is 0.630. The first-order valence-corrected chi connectivity index (χ1v) is 4.88. The molecule has 0 saturated heterocycles. The first-order valence-electron chi connectivity index (χ1n) is 4.88. The van der Waals surface area contributed by atoms with Crippen LogP contribution < -0.4 is 0 Å². The summed E-state index contributed by atoms with van der Waals surface area (Å²) in [6.45, 7) is 1.41. The van der Waals surface area contributed by atoms with Gasteiger partial charge in [-0.05, 0) is 25.7 Å². The molecular formula is C10H16O4. The second-order valence-electron chi connectivity index (χ2n) is 3.61. The summed E-state index contributed by atoms with van der Waals surface area (Å²) in [5.41, 5.74) is 0. The van der Waals surface area contributed by atoms with Crippen LogP contribution in [0.1, 0.15) is 32.6 Å². The molecule has 0 amide bonds. The summed E-state index contributed by atoms with van der Waals surface area (Å²) in [6, 6.07) is 0. The van der Waals surface area contributed by atoms with Gasteiger partial charge in [-0.2, -0.15) is 0 Å². The molecule has 0 aliphatic heterocycles. The van der Waals surface area contributed by atoms with Crippen molar-refractivity contribution in [3.05, 3.63) is 0 Å². The maximum absolute atomic E-state index is 11.2. The molecule has 1 aliphatic rings. The molecule has 0 aromatic heterocycles. The number of rotatable bonds is 2. The van der Waals surface area contributed by atoms with Crippen molar-refractivity contribution in [2.75, 3.05) is 7.11 Å². The van der Waals surface area contributed by atoms with Crippen molar-refractivity contribution in [1.29, 1.82) is 0 Å².